The summed E-state index contributed by atoms with van der Waals surface area (Å²) in [4.78, 5) is 13.1. The summed E-state index contributed by atoms with van der Waals surface area (Å²) in [6.07, 6.45) is 2.97. The third-order valence-corrected chi connectivity index (χ3v) is 8.17. The molecule has 2 saturated heterocycles. The lowest BCUT2D eigenvalue weighted by Gasteiger charge is -2.44. The molecule has 2 fully saturated rings. The van der Waals surface area contributed by atoms with Crippen molar-refractivity contribution in [3.05, 3.63) is 35.9 Å². The second-order valence-corrected chi connectivity index (χ2v) is 11.1. The molecular weight excluding hydrogens is 476 g/mol. The molecule has 0 saturated carbocycles. The zero-order valence-electron chi connectivity index (χ0n) is 20.0. The van der Waals surface area contributed by atoms with Crippen LogP contribution < -0.4 is 10.6 Å². The lowest BCUT2D eigenvalue weighted by molar-refractivity contribution is -0.205. The zero-order valence-corrected chi connectivity index (χ0v) is 21.5. The summed E-state index contributed by atoms with van der Waals surface area (Å²) >= 11 is 7.62. The minimum absolute atomic E-state index is 0.181. The Labute approximate surface area is 212 Å². The summed E-state index contributed by atoms with van der Waals surface area (Å²) in [5.41, 5.74) is 0.645. The van der Waals surface area contributed by atoms with Gasteiger partial charge in [-0.15, -0.1) is 23.4 Å². The van der Waals surface area contributed by atoms with E-state index in [1.165, 1.54) is 17.3 Å². The molecule has 2 heterocycles. The van der Waals surface area contributed by atoms with E-state index in [0.717, 1.165) is 45.1 Å². The van der Waals surface area contributed by atoms with Crippen molar-refractivity contribution in [1.29, 1.82) is 0 Å². The molecule has 5 N–H and O–H groups in total. The molecular formula is C25H39ClN2O5S. The van der Waals surface area contributed by atoms with Gasteiger partial charge in [0, 0.05) is 0 Å². The van der Waals surface area contributed by atoms with E-state index in [0.29, 0.717) is 5.92 Å². The van der Waals surface area contributed by atoms with Crippen molar-refractivity contribution in [1.82, 2.24) is 10.6 Å². The summed E-state index contributed by atoms with van der Waals surface area (Å²) in [5.74, 6) is 0.402. The second-order valence-electron chi connectivity index (χ2n) is 9.51. The number of thioether (sulfide) groups is 1. The molecule has 2 aliphatic rings. The predicted molar refractivity (Wildman–Crippen MR) is 136 cm³/mol. The van der Waals surface area contributed by atoms with E-state index in [2.05, 4.69) is 34.9 Å². The molecule has 3 rings (SSSR count). The maximum Gasteiger partial charge on any atom is 0.237 e. The van der Waals surface area contributed by atoms with Crippen LogP contribution in [0.1, 0.15) is 44.6 Å². The number of hydrogen-bond acceptors (Lipinski definition) is 7. The molecule has 1 aromatic carbocycles. The third-order valence-electron chi connectivity index (χ3n) is 7.04. The van der Waals surface area contributed by atoms with Crippen LogP contribution in [0.5, 0.6) is 0 Å². The highest BCUT2D eigenvalue weighted by atomic mass is 35.5. The Bertz CT molecular complexity index is 756. The van der Waals surface area contributed by atoms with E-state index in [4.69, 9.17) is 16.3 Å². The first-order chi connectivity index (χ1) is 16.3. The summed E-state index contributed by atoms with van der Waals surface area (Å²) in [6.45, 7) is 2.49. The molecule has 7 nitrogen and oxygen atoms in total. The second kappa shape index (κ2) is 13.4. The minimum atomic E-state index is -1.38. The molecule has 1 aromatic rings. The first-order valence-electron chi connectivity index (χ1n) is 12.3. The van der Waals surface area contributed by atoms with Crippen molar-refractivity contribution in [2.24, 2.45) is 5.92 Å². The molecule has 0 aromatic heterocycles. The van der Waals surface area contributed by atoms with Crippen LogP contribution in [-0.2, 0) is 16.0 Å². The number of amides is 1. The van der Waals surface area contributed by atoms with Crippen LogP contribution in [0.15, 0.2) is 30.3 Å². The van der Waals surface area contributed by atoms with Crippen LogP contribution in [0.3, 0.4) is 0 Å². The number of nitrogens with one attached hydrogen (secondary N) is 2. The van der Waals surface area contributed by atoms with Gasteiger partial charge in [-0.3, -0.25) is 4.79 Å². The SMILES string of the molecule is CSC1O[C@H]([C@H](NC(=O)[C@@H]2CC[C@H](CCCc3ccccc3)CCN2)[C@H](C)Cl)[C@@H](O)C(O)[C@H]1O. The molecule has 0 aliphatic carbocycles. The lowest BCUT2D eigenvalue weighted by atomic mass is 9.91. The number of halogens is 1. The number of benzene rings is 1. The highest BCUT2D eigenvalue weighted by molar-refractivity contribution is 7.99. The Hall–Kier alpha value is -0.870. The molecule has 9 heteroatoms. The summed E-state index contributed by atoms with van der Waals surface area (Å²) in [5, 5.41) is 36.7. The molecule has 0 radical (unpaired) electrons. The van der Waals surface area contributed by atoms with Crippen LogP contribution in [0.25, 0.3) is 0 Å². The molecule has 0 bridgehead atoms. The first kappa shape index (κ1) is 27.7. The summed E-state index contributed by atoms with van der Waals surface area (Å²) < 4.78 is 5.85. The maximum atomic E-state index is 13.1. The summed E-state index contributed by atoms with van der Waals surface area (Å²) in [6, 6.07) is 9.45. The van der Waals surface area contributed by atoms with Crippen molar-refractivity contribution in [3.8, 4) is 0 Å². The smallest absolute Gasteiger partial charge is 0.237 e. The van der Waals surface area contributed by atoms with Crippen molar-refractivity contribution in [2.45, 2.75) is 92.8 Å². The Balaban J connectivity index is 1.52. The summed E-state index contributed by atoms with van der Waals surface area (Å²) in [7, 11) is 0. The highest BCUT2D eigenvalue weighted by Crippen LogP contribution is 2.30. The molecule has 192 valence electrons. The average Bonchev–Trinajstić information content (AvgIpc) is 3.08. The number of aliphatic hydroxyl groups is 3. The largest absolute Gasteiger partial charge is 0.388 e. The van der Waals surface area contributed by atoms with E-state index in [-0.39, 0.29) is 11.9 Å². The first-order valence-corrected chi connectivity index (χ1v) is 14.0. The van der Waals surface area contributed by atoms with E-state index < -0.39 is 41.3 Å². The van der Waals surface area contributed by atoms with Gasteiger partial charge in [0.1, 0.15) is 29.9 Å². The number of carbonyl (C=O) groups excluding carboxylic acids is 1. The van der Waals surface area contributed by atoms with Crippen LogP contribution in [0.4, 0.5) is 0 Å². The van der Waals surface area contributed by atoms with E-state index in [1.54, 1.807) is 13.2 Å². The molecule has 34 heavy (non-hydrogen) atoms. The fourth-order valence-corrected chi connectivity index (χ4v) is 5.84. The highest BCUT2D eigenvalue weighted by Gasteiger charge is 2.48. The van der Waals surface area contributed by atoms with Crippen molar-refractivity contribution in [3.63, 3.8) is 0 Å². The van der Waals surface area contributed by atoms with Crippen molar-refractivity contribution < 1.29 is 24.9 Å². The topological polar surface area (TPSA) is 111 Å². The van der Waals surface area contributed by atoms with Crippen LogP contribution >= 0.6 is 23.4 Å². The van der Waals surface area contributed by atoms with Gasteiger partial charge in [-0.05, 0) is 63.3 Å². The predicted octanol–water partition coefficient (Wildman–Crippen LogP) is 2.05. The third kappa shape index (κ3) is 7.32. The number of aryl methyl sites for hydroxylation is 1. The molecule has 2 unspecified atom stereocenters. The van der Waals surface area contributed by atoms with Gasteiger partial charge in [-0.2, -0.15) is 0 Å². The van der Waals surface area contributed by atoms with Gasteiger partial charge in [0.25, 0.3) is 0 Å². The number of carbonyl (C=O) groups is 1. The van der Waals surface area contributed by atoms with Crippen molar-refractivity contribution in [2.75, 3.05) is 12.8 Å². The number of alkyl halides is 1. The van der Waals surface area contributed by atoms with Gasteiger partial charge in [-0.25, -0.2) is 0 Å². The molecule has 1 amide bonds. The number of ether oxygens (including phenoxy) is 1. The van der Waals surface area contributed by atoms with Gasteiger partial charge in [0.05, 0.1) is 17.5 Å². The quantitative estimate of drug-likeness (QED) is 0.321. The van der Waals surface area contributed by atoms with Gasteiger partial charge >= 0.3 is 0 Å². The average molecular weight is 515 g/mol. The monoisotopic (exact) mass is 514 g/mol. The number of aliphatic hydroxyl groups excluding tert-OH is 3. The van der Waals surface area contributed by atoms with Crippen LogP contribution in [-0.4, -0.2) is 81.3 Å². The number of hydrogen-bond donors (Lipinski definition) is 5. The Kier molecular flexibility index (Phi) is 11.0. The maximum absolute atomic E-state index is 13.1. The molecule has 0 spiro atoms. The zero-order chi connectivity index (χ0) is 24.7. The van der Waals surface area contributed by atoms with E-state index in [9.17, 15) is 20.1 Å². The van der Waals surface area contributed by atoms with Crippen LogP contribution in [0.2, 0.25) is 0 Å². The Morgan fingerprint density at radius 3 is 2.59 bits per heavy atom. The normalized spacial score (nSPS) is 34.1. The van der Waals surface area contributed by atoms with Gasteiger partial charge < -0.3 is 30.7 Å². The van der Waals surface area contributed by atoms with Gasteiger partial charge in [0.2, 0.25) is 5.91 Å². The Morgan fingerprint density at radius 2 is 1.91 bits per heavy atom. The Morgan fingerprint density at radius 1 is 1.18 bits per heavy atom. The van der Waals surface area contributed by atoms with E-state index in [1.807, 2.05) is 6.07 Å². The fraction of sp³-hybridized carbons (Fsp3) is 0.720. The number of rotatable bonds is 9. The lowest BCUT2D eigenvalue weighted by Crippen LogP contribution is -2.65. The fourth-order valence-electron chi connectivity index (χ4n) is 4.95. The van der Waals surface area contributed by atoms with Crippen molar-refractivity contribution >= 4 is 29.3 Å². The molecule has 2 aliphatic heterocycles. The minimum Gasteiger partial charge on any atom is -0.388 e. The van der Waals surface area contributed by atoms with Crippen LogP contribution in [0, 0.1) is 5.92 Å². The molecule has 9 atom stereocenters. The van der Waals surface area contributed by atoms with Gasteiger partial charge in [-0.1, -0.05) is 36.8 Å². The van der Waals surface area contributed by atoms with Gasteiger partial charge in [0.15, 0.2) is 0 Å². The van der Waals surface area contributed by atoms with E-state index >= 15 is 0 Å². The standard InChI is InChI=1S/C25H39ClN2O5S/c1-15(26)19(23-21(30)20(29)22(31)25(33-23)34-2)28-24(32)18-12-11-17(13-14-27-18)10-6-9-16-7-4-3-5-8-16/h3-5,7-8,15,17-23,25,27,29-31H,6,9-14H2,1-2H3,(H,28,32)/t15-,17-,18-,19+,20?,21-,22+,23+,25?/m0/s1.